The van der Waals surface area contributed by atoms with Gasteiger partial charge in [-0.15, -0.1) is 0 Å². The number of hydrogen-bond acceptors (Lipinski definition) is 4. The first-order valence-electron chi connectivity index (χ1n) is 8.35. The second kappa shape index (κ2) is 8.51. The molecule has 1 aromatic carbocycles. The average molecular weight is 397 g/mol. The fraction of sp³-hybridized carbons (Fsp3) is 0.556. The van der Waals surface area contributed by atoms with Crippen LogP contribution in [0.2, 0.25) is 0 Å². The number of fused-ring (bicyclic) bond motifs is 1. The van der Waals surface area contributed by atoms with E-state index in [1.165, 1.54) is 0 Å². The second-order valence-electron chi connectivity index (χ2n) is 6.81. The predicted molar refractivity (Wildman–Crippen MR) is 98.1 cm³/mol. The number of benzene rings is 1. The summed E-state index contributed by atoms with van der Waals surface area (Å²) in [6, 6.07) is 5.86. The molecule has 6 heteroatoms. The fourth-order valence-electron chi connectivity index (χ4n) is 2.31. The molecule has 0 spiro atoms. The zero-order valence-electron chi connectivity index (χ0n) is 14.5. The first kappa shape index (κ1) is 18.8. The molecule has 0 bridgehead atoms. The van der Waals surface area contributed by atoms with Gasteiger partial charge in [-0.05, 0) is 51.8 Å². The summed E-state index contributed by atoms with van der Waals surface area (Å²) in [5, 5.41) is 2.77. The summed E-state index contributed by atoms with van der Waals surface area (Å²) in [6.45, 7) is 6.22. The van der Waals surface area contributed by atoms with Gasteiger partial charge < -0.3 is 14.5 Å². The Labute approximate surface area is 151 Å². The van der Waals surface area contributed by atoms with Crippen molar-refractivity contribution in [2.75, 3.05) is 6.54 Å². The molecule has 0 saturated carbocycles. The normalized spacial score (nSPS) is 11.7. The molecule has 132 valence electrons. The number of halogens is 1. The maximum Gasteiger partial charge on any atom is 0.407 e. The van der Waals surface area contributed by atoms with Crippen molar-refractivity contribution in [3.63, 3.8) is 0 Å². The van der Waals surface area contributed by atoms with Gasteiger partial charge in [0, 0.05) is 17.4 Å². The van der Waals surface area contributed by atoms with Gasteiger partial charge in [0.15, 0.2) is 11.5 Å². The number of oxazole rings is 1. The molecule has 5 nitrogen and oxygen atoms in total. The Morgan fingerprint density at radius 3 is 2.75 bits per heavy atom. The number of aryl methyl sites for hydroxylation is 1. The summed E-state index contributed by atoms with van der Waals surface area (Å²) in [5.74, 6) is 0.787. The molecule has 0 aliphatic carbocycles. The van der Waals surface area contributed by atoms with Crippen molar-refractivity contribution in [2.45, 2.75) is 58.5 Å². The number of aromatic nitrogens is 1. The first-order valence-corrected chi connectivity index (χ1v) is 9.14. The van der Waals surface area contributed by atoms with Gasteiger partial charge in [-0.2, -0.15) is 0 Å². The van der Waals surface area contributed by atoms with Crippen LogP contribution in [0, 0.1) is 0 Å². The molecule has 1 heterocycles. The minimum absolute atomic E-state index is 0.347. The van der Waals surface area contributed by atoms with Crippen LogP contribution in [0.15, 0.2) is 27.1 Å². The van der Waals surface area contributed by atoms with Crippen LogP contribution in [0.5, 0.6) is 0 Å². The van der Waals surface area contributed by atoms with Crippen molar-refractivity contribution in [3.8, 4) is 0 Å². The first-order chi connectivity index (χ1) is 11.3. The van der Waals surface area contributed by atoms with Crippen LogP contribution in [-0.2, 0) is 11.2 Å². The van der Waals surface area contributed by atoms with Crippen LogP contribution in [0.25, 0.3) is 11.1 Å². The minimum atomic E-state index is -0.445. The van der Waals surface area contributed by atoms with Gasteiger partial charge in [0.25, 0.3) is 0 Å². The number of amides is 1. The van der Waals surface area contributed by atoms with Gasteiger partial charge in [0.05, 0.1) is 0 Å². The Morgan fingerprint density at radius 1 is 1.25 bits per heavy atom. The lowest BCUT2D eigenvalue weighted by molar-refractivity contribution is 0.0527. The Bertz CT molecular complexity index is 676. The summed E-state index contributed by atoms with van der Waals surface area (Å²) in [5.41, 5.74) is 1.27. The smallest absolute Gasteiger partial charge is 0.407 e. The summed E-state index contributed by atoms with van der Waals surface area (Å²) in [6.07, 6.45) is 4.60. The predicted octanol–water partition coefficient (Wildman–Crippen LogP) is 5.22. The highest BCUT2D eigenvalue weighted by atomic mass is 79.9. The molecule has 2 aromatic rings. The maximum absolute atomic E-state index is 11.5. The molecular weight excluding hydrogens is 372 g/mol. The third-order valence-corrected chi connectivity index (χ3v) is 3.87. The summed E-state index contributed by atoms with van der Waals surface area (Å²) < 4.78 is 11.9. The number of nitrogens with zero attached hydrogens (tertiary/aromatic N) is 1. The van der Waals surface area contributed by atoms with Crippen LogP contribution in [0.1, 0.15) is 52.3 Å². The number of carbonyl (C=O) groups is 1. The number of carbonyl (C=O) groups excluding carboxylic acids is 1. The Morgan fingerprint density at radius 2 is 2.00 bits per heavy atom. The van der Waals surface area contributed by atoms with Gasteiger partial charge in [0.2, 0.25) is 0 Å². The van der Waals surface area contributed by atoms with Gasteiger partial charge in [-0.25, -0.2) is 9.78 Å². The molecule has 0 aliphatic rings. The summed E-state index contributed by atoms with van der Waals surface area (Å²) in [4.78, 5) is 16.0. The highest BCUT2D eigenvalue weighted by Gasteiger charge is 2.15. The van der Waals surface area contributed by atoms with Crippen molar-refractivity contribution >= 4 is 33.1 Å². The molecule has 0 unspecified atom stereocenters. The lowest BCUT2D eigenvalue weighted by Crippen LogP contribution is -2.32. The molecule has 1 amide bonds. The molecule has 1 aromatic heterocycles. The molecule has 24 heavy (non-hydrogen) atoms. The van der Waals surface area contributed by atoms with E-state index in [2.05, 4.69) is 26.2 Å². The second-order valence-corrected chi connectivity index (χ2v) is 7.73. The number of alkyl carbamates (subject to hydrolysis) is 1. The highest BCUT2D eigenvalue weighted by Crippen LogP contribution is 2.21. The van der Waals surface area contributed by atoms with Crippen molar-refractivity contribution in [1.29, 1.82) is 0 Å². The number of unbranched alkanes of at least 4 members (excludes halogenated alkanes) is 3. The Hall–Kier alpha value is -1.56. The number of ether oxygens (including phenoxy) is 1. The molecule has 0 fully saturated rings. The van der Waals surface area contributed by atoms with E-state index in [-0.39, 0.29) is 6.09 Å². The SMILES string of the molecule is CC(C)(C)OC(=O)NCCCCCCc1nc2ccc(Br)cc2o1. The molecule has 0 aliphatic heterocycles. The van der Waals surface area contributed by atoms with Crippen molar-refractivity contribution < 1.29 is 13.9 Å². The van der Waals surface area contributed by atoms with E-state index in [0.717, 1.165) is 53.6 Å². The molecule has 0 saturated heterocycles. The number of rotatable bonds is 7. The Balaban J connectivity index is 1.58. The van der Waals surface area contributed by atoms with Gasteiger partial charge >= 0.3 is 6.09 Å². The summed E-state index contributed by atoms with van der Waals surface area (Å²) >= 11 is 3.43. The van der Waals surface area contributed by atoms with Crippen LogP contribution < -0.4 is 5.32 Å². The Kier molecular flexibility index (Phi) is 6.66. The van der Waals surface area contributed by atoms with E-state index in [4.69, 9.17) is 9.15 Å². The van der Waals surface area contributed by atoms with E-state index < -0.39 is 5.60 Å². The van der Waals surface area contributed by atoms with E-state index in [9.17, 15) is 4.79 Å². The van der Waals surface area contributed by atoms with Crippen molar-refractivity contribution in [3.05, 3.63) is 28.6 Å². The third-order valence-electron chi connectivity index (χ3n) is 3.38. The maximum atomic E-state index is 11.5. The van der Waals surface area contributed by atoms with Crippen LogP contribution >= 0.6 is 15.9 Å². The van der Waals surface area contributed by atoms with Gasteiger partial charge in [-0.1, -0.05) is 28.8 Å². The molecule has 0 atom stereocenters. The largest absolute Gasteiger partial charge is 0.444 e. The average Bonchev–Trinajstić information content (AvgIpc) is 2.86. The van der Waals surface area contributed by atoms with E-state index in [0.29, 0.717) is 6.54 Å². The topological polar surface area (TPSA) is 64.4 Å². The molecule has 2 rings (SSSR count). The van der Waals surface area contributed by atoms with Crippen LogP contribution in [0.3, 0.4) is 0 Å². The third kappa shape index (κ3) is 6.51. The zero-order chi connectivity index (χ0) is 17.6. The molecule has 1 N–H and O–H groups in total. The molecule has 0 radical (unpaired) electrons. The number of nitrogens with one attached hydrogen (secondary N) is 1. The van der Waals surface area contributed by atoms with E-state index in [1.54, 1.807) is 0 Å². The zero-order valence-corrected chi connectivity index (χ0v) is 16.1. The number of hydrogen-bond donors (Lipinski definition) is 1. The summed E-state index contributed by atoms with van der Waals surface area (Å²) in [7, 11) is 0. The monoisotopic (exact) mass is 396 g/mol. The standard InChI is InChI=1S/C18H25BrN2O3/c1-18(2,3)24-17(22)20-11-7-5-4-6-8-16-21-14-10-9-13(19)12-15(14)23-16/h9-10,12H,4-8,11H2,1-3H3,(H,20,22). The highest BCUT2D eigenvalue weighted by molar-refractivity contribution is 9.10. The van der Waals surface area contributed by atoms with Crippen molar-refractivity contribution in [1.82, 2.24) is 10.3 Å². The van der Waals surface area contributed by atoms with Crippen molar-refractivity contribution in [2.24, 2.45) is 0 Å². The van der Waals surface area contributed by atoms with Gasteiger partial charge in [0.1, 0.15) is 11.1 Å². The van der Waals surface area contributed by atoms with E-state index >= 15 is 0 Å². The lowest BCUT2D eigenvalue weighted by Gasteiger charge is -2.19. The minimum Gasteiger partial charge on any atom is -0.444 e. The van der Waals surface area contributed by atoms with E-state index in [1.807, 2.05) is 39.0 Å². The molecular formula is C18H25BrN2O3. The fourth-order valence-corrected chi connectivity index (χ4v) is 2.65. The quantitative estimate of drug-likeness (QED) is 0.651. The van der Waals surface area contributed by atoms with Crippen LogP contribution in [0.4, 0.5) is 4.79 Å². The lowest BCUT2D eigenvalue weighted by atomic mass is 10.1. The van der Waals surface area contributed by atoms with Gasteiger partial charge in [-0.3, -0.25) is 0 Å². The van der Waals surface area contributed by atoms with Crippen LogP contribution in [-0.4, -0.2) is 23.2 Å².